The molecule has 1 aromatic carbocycles. The number of amides is 1. The van der Waals surface area contributed by atoms with Crippen LogP contribution in [-0.4, -0.2) is 37.5 Å². The second kappa shape index (κ2) is 4.98. The Balaban J connectivity index is 2.14. The third kappa shape index (κ3) is 2.91. The highest BCUT2D eigenvalue weighted by atomic mass is 32.2. The molecule has 1 aliphatic heterocycles. The van der Waals surface area contributed by atoms with Gasteiger partial charge in [0, 0.05) is 6.42 Å². The van der Waals surface area contributed by atoms with E-state index >= 15 is 0 Å². The molecule has 0 spiro atoms. The van der Waals surface area contributed by atoms with Crippen LogP contribution in [-0.2, 0) is 19.6 Å². The average molecular weight is 284 g/mol. The number of rotatable bonds is 4. The molecule has 2 atom stereocenters. The Morgan fingerprint density at radius 1 is 1.32 bits per heavy atom. The number of carbonyl (C=O) groups is 2. The van der Waals surface area contributed by atoms with Crippen LogP contribution in [0.15, 0.2) is 35.2 Å². The Morgan fingerprint density at radius 2 is 1.95 bits per heavy atom. The zero-order chi connectivity index (χ0) is 14.0. The fourth-order valence-corrected chi connectivity index (χ4v) is 3.02. The van der Waals surface area contributed by atoms with Gasteiger partial charge in [0.25, 0.3) is 0 Å². The molecule has 8 heteroatoms. The minimum absolute atomic E-state index is 0.0292. The summed E-state index contributed by atoms with van der Waals surface area (Å²) in [6, 6.07) is 5.45. The van der Waals surface area contributed by atoms with Gasteiger partial charge in [-0.25, -0.2) is 13.2 Å². The SMILES string of the molecule is O=C(O)[C@H]1C[C@@H](NS(=O)(=O)c2ccccc2)C(=O)N1. The molecular formula is C11H12N2O5S. The van der Waals surface area contributed by atoms with E-state index in [0.29, 0.717) is 0 Å². The summed E-state index contributed by atoms with van der Waals surface area (Å²) < 4.78 is 26.1. The van der Waals surface area contributed by atoms with Crippen LogP contribution in [0.2, 0.25) is 0 Å². The van der Waals surface area contributed by atoms with Crippen molar-refractivity contribution in [1.82, 2.24) is 10.0 Å². The number of carbonyl (C=O) groups excluding carboxylic acids is 1. The first-order valence-corrected chi connectivity index (χ1v) is 6.99. The lowest BCUT2D eigenvalue weighted by Gasteiger charge is -2.10. The van der Waals surface area contributed by atoms with Gasteiger partial charge in [-0.1, -0.05) is 18.2 Å². The van der Waals surface area contributed by atoms with Gasteiger partial charge < -0.3 is 10.4 Å². The molecule has 102 valence electrons. The minimum atomic E-state index is -3.83. The average Bonchev–Trinajstić information content (AvgIpc) is 2.72. The molecule has 1 aliphatic rings. The van der Waals surface area contributed by atoms with E-state index in [9.17, 15) is 18.0 Å². The maximum Gasteiger partial charge on any atom is 0.326 e. The summed E-state index contributed by atoms with van der Waals surface area (Å²) >= 11 is 0. The van der Waals surface area contributed by atoms with Crippen molar-refractivity contribution in [3.8, 4) is 0 Å². The molecule has 0 radical (unpaired) electrons. The number of hydrogen-bond acceptors (Lipinski definition) is 4. The van der Waals surface area contributed by atoms with Gasteiger partial charge >= 0.3 is 5.97 Å². The minimum Gasteiger partial charge on any atom is -0.480 e. The Morgan fingerprint density at radius 3 is 2.47 bits per heavy atom. The lowest BCUT2D eigenvalue weighted by atomic mass is 10.2. The van der Waals surface area contributed by atoms with Crippen LogP contribution >= 0.6 is 0 Å². The van der Waals surface area contributed by atoms with E-state index in [-0.39, 0.29) is 11.3 Å². The van der Waals surface area contributed by atoms with Gasteiger partial charge in [0.1, 0.15) is 12.1 Å². The molecule has 0 saturated carbocycles. The first-order valence-electron chi connectivity index (χ1n) is 5.51. The second-order valence-corrected chi connectivity index (χ2v) is 5.84. The smallest absolute Gasteiger partial charge is 0.326 e. The molecule has 1 fully saturated rings. The van der Waals surface area contributed by atoms with E-state index in [2.05, 4.69) is 10.0 Å². The molecular weight excluding hydrogens is 272 g/mol. The summed E-state index contributed by atoms with van der Waals surface area (Å²) in [4.78, 5) is 22.3. The molecule has 0 bridgehead atoms. The number of carboxylic acids is 1. The van der Waals surface area contributed by atoms with Crippen molar-refractivity contribution >= 4 is 21.9 Å². The normalized spacial score (nSPS) is 23.1. The van der Waals surface area contributed by atoms with Gasteiger partial charge in [-0.2, -0.15) is 4.72 Å². The Hall–Kier alpha value is -1.93. The standard InChI is InChI=1S/C11H12N2O5S/c14-10-8(6-9(12-10)11(15)16)13-19(17,18)7-4-2-1-3-5-7/h1-5,8-9,13H,6H2,(H,12,14)(H,15,16)/t8-,9-/m1/s1. The van der Waals surface area contributed by atoms with Crippen LogP contribution < -0.4 is 10.0 Å². The summed E-state index contributed by atoms with van der Waals surface area (Å²) in [5.41, 5.74) is 0. The quantitative estimate of drug-likeness (QED) is 0.677. The zero-order valence-corrected chi connectivity index (χ0v) is 10.6. The third-order valence-corrected chi connectivity index (χ3v) is 4.24. The third-order valence-electron chi connectivity index (χ3n) is 2.75. The fraction of sp³-hybridized carbons (Fsp3) is 0.273. The molecule has 0 aliphatic carbocycles. The van der Waals surface area contributed by atoms with Crippen molar-refractivity contribution in [3.63, 3.8) is 0 Å². The maximum absolute atomic E-state index is 12.0. The molecule has 7 nitrogen and oxygen atoms in total. The van der Waals surface area contributed by atoms with E-state index in [4.69, 9.17) is 5.11 Å². The van der Waals surface area contributed by atoms with Crippen LogP contribution in [0.25, 0.3) is 0 Å². The zero-order valence-electron chi connectivity index (χ0n) is 9.74. The Labute approximate surface area is 109 Å². The molecule has 1 amide bonds. The van der Waals surface area contributed by atoms with Crippen LogP contribution in [0.3, 0.4) is 0 Å². The fourth-order valence-electron chi connectivity index (χ4n) is 1.79. The molecule has 19 heavy (non-hydrogen) atoms. The van der Waals surface area contributed by atoms with E-state index in [0.717, 1.165) is 0 Å². The summed E-state index contributed by atoms with van der Waals surface area (Å²) in [6.07, 6.45) is -0.111. The lowest BCUT2D eigenvalue weighted by Crippen LogP contribution is -2.40. The van der Waals surface area contributed by atoms with Crippen molar-refractivity contribution in [2.75, 3.05) is 0 Å². The highest BCUT2D eigenvalue weighted by molar-refractivity contribution is 7.89. The van der Waals surface area contributed by atoms with Crippen LogP contribution in [0.5, 0.6) is 0 Å². The van der Waals surface area contributed by atoms with Crippen molar-refractivity contribution in [3.05, 3.63) is 30.3 Å². The number of carboxylic acid groups (broad SMARTS) is 1. The predicted octanol–water partition coefficient (Wildman–Crippen LogP) is -0.693. The number of hydrogen-bond donors (Lipinski definition) is 3. The molecule has 3 N–H and O–H groups in total. The van der Waals surface area contributed by atoms with E-state index < -0.39 is 34.0 Å². The molecule has 1 aromatic rings. The number of sulfonamides is 1. The first kappa shape index (κ1) is 13.5. The van der Waals surface area contributed by atoms with Crippen LogP contribution in [0, 0.1) is 0 Å². The van der Waals surface area contributed by atoms with Gasteiger partial charge in [-0.3, -0.25) is 4.79 Å². The number of nitrogens with one attached hydrogen (secondary N) is 2. The predicted molar refractivity (Wildman–Crippen MR) is 64.7 cm³/mol. The summed E-state index contributed by atoms with van der Waals surface area (Å²) in [5.74, 6) is -1.82. The van der Waals surface area contributed by atoms with Crippen molar-refractivity contribution in [2.45, 2.75) is 23.4 Å². The first-order chi connectivity index (χ1) is 8.90. The Kier molecular flexibility index (Phi) is 3.54. The largest absolute Gasteiger partial charge is 0.480 e. The summed E-state index contributed by atoms with van der Waals surface area (Å²) in [6.45, 7) is 0. The molecule has 0 unspecified atom stereocenters. The highest BCUT2D eigenvalue weighted by Crippen LogP contribution is 2.13. The van der Waals surface area contributed by atoms with Gasteiger partial charge in [-0.05, 0) is 12.1 Å². The Bertz CT molecular complexity index is 599. The highest BCUT2D eigenvalue weighted by Gasteiger charge is 2.38. The van der Waals surface area contributed by atoms with E-state index in [1.807, 2.05) is 0 Å². The topological polar surface area (TPSA) is 113 Å². The van der Waals surface area contributed by atoms with E-state index in [1.54, 1.807) is 18.2 Å². The van der Waals surface area contributed by atoms with Crippen LogP contribution in [0.4, 0.5) is 0 Å². The van der Waals surface area contributed by atoms with Gasteiger partial charge in [-0.15, -0.1) is 0 Å². The lowest BCUT2D eigenvalue weighted by molar-refractivity contribution is -0.140. The van der Waals surface area contributed by atoms with Gasteiger partial charge in [0.2, 0.25) is 15.9 Å². The maximum atomic E-state index is 12.0. The molecule has 1 saturated heterocycles. The second-order valence-electron chi connectivity index (χ2n) is 4.12. The van der Waals surface area contributed by atoms with E-state index in [1.165, 1.54) is 12.1 Å². The molecule has 1 heterocycles. The van der Waals surface area contributed by atoms with Crippen LogP contribution in [0.1, 0.15) is 6.42 Å². The summed E-state index contributed by atoms with van der Waals surface area (Å²) in [7, 11) is -3.83. The molecule has 0 aromatic heterocycles. The number of aliphatic carboxylic acids is 1. The van der Waals surface area contributed by atoms with Gasteiger partial charge in [0.05, 0.1) is 4.90 Å². The van der Waals surface area contributed by atoms with Crippen molar-refractivity contribution < 1.29 is 23.1 Å². The molecule has 2 rings (SSSR count). The van der Waals surface area contributed by atoms with Crippen molar-refractivity contribution in [1.29, 1.82) is 0 Å². The monoisotopic (exact) mass is 284 g/mol. The van der Waals surface area contributed by atoms with Gasteiger partial charge in [0.15, 0.2) is 0 Å². The number of benzene rings is 1. The summed E-state index contributed by atoms with van der Waals surface area (Å²) in [5, 5.41) is 11.0. The van der Waals surface area contributed by atoms with Crippen molar-refractivity contribution in [2.24, 2.45) is 0 Å².